The average molecular weight is 195 g/mol. The molecule has 0 aromatic carbocycles. The van der Waals surface area contributed by atoms with Crippen LogP contribution in [-0.2, 0) is 0 Å². The summed E-state index contributed by atoms with van der Waals surface area (Å²) in [6, 6.07) is 0.296. The van der Waals surface area contributed by atoms with E-state index in [-0.39, 0.29) is 6.61 Å². The predicted octanol–water partition coefficient (Wildman–Crippen LogP) is 1.36. The molecule has 0 saturated heterocycles. The van der Waals surface area contributed by atoms with Crippen molar-refractivity contribution < 1.29 is 5.11 Å². The lowest BCUT2D eigenvalue weighted by molar-refractivity contribution is 0.282. The lowest BCUT2D eigenvalue weighted by Gasteiger charge is -2.12. The van der Waals surface area contributed by atoms with Gasteiger partial charge >= 0.3 is 0 Å². The van der Waals surface area contributed by atoms with E-state index in [0.29, 0.717) is 12.0 Å². The molecule has 2 N–H and O–H groups in total. The van der Waals surface area contributed by atoms with E-state index in [1.165, 1.54) is 0 Å². The maximum Gasteiger partial charge on any atom is 0.222 e. The van der Waals surface area contributed by atoms with Crippen LogP contribution in [0.3, 0.4) is 0 Å². The van der Waals surface area contributed by atoms with Crippen LogP contribution in [0.5, 0.6) is 0 Å². The number of aromatic nitrogens is 2. The van der Waals surface area contributed by atoms with Crippen LogP contribution in [0.25, 0.3) is 0 Å². The summed E-state index contributed by atoms with van der Waals surface area (Å²) in [6.07, 6.45) is 5.30. The summed E-state index contributed by atoms with van der Waals surface area (Å²) in [6.45, 7) is 4.25. The van der Waals surface area contributed by atoms with E-state index >= 15 is 0 Å². The molecule has 0 aliphatic carbocycles. The maximum absolute atomic E-state index is 8.66. The van der Waals surface area contributed by atoms with Crippen LogP contribution in [0.4, 0.5) is 5.95 Å². The number of anilines is 1. The topological polar surface area (TPSA) is 58.0 Å². The van der Waals surface area contributed by atoms with E-state index in [1.807, 2.05) is 6.92 Å². The van der Waals surface area contributed by atoms with Gasteiger partial charge in [0.25, 0.3) is 0 Å². The first-order chi connectivity index (χ1) is 6.72. The second kappa shape index (κ2) is 5.54. The molecule has 1 rings (SSSR count). The molecule has 4 heteroatoms. The quantitative estimate of drug-likeness (QED) is 0.744. The van der Waals surface area contributed by atoms with Gasteiger partial charge in [-0.05, 0) is 32.3 Å². The van der Waals surface area contributed by atoms with Gasteiger partial charge in [-0.25, -0.2) is 9.97 Å². The molecule has 1 unspecified atom stereocenters. The number of aliphatic hydroxyl groups is 1. The Morgan fingerprint density at radius 3 is 2.64 bits per heavy atom. The molecule has 78 valence electrons. The van der Waals surface area contributed by atoms with Crippen LogP contribution in [0.15, 0.2) is 12.4 Å². The molecule has 0 saturated carbocycles. The molecule has 1 aromatic rings. The smallest absolute Gasteiger partial charge is 0.222 e. The molecule has 1 atom stereocenters. The maximum atomic E-state index is 8.66. The van der Waals surface area contributed by atoms with Crippen LogP contribution < -0.4 is 5.32 Å². The first-order valence-corrected chi connectivity index (χ1v) is 4.88. The Kier molecular flexibility index (Phi) is 4.32. The third kappa shape index (κ3) is 3.70. The number of rotatable bonds is 5. The number of nitrogens with zero attached hydrogens (tertiary/aromatic N) is 2. The minimum absolute atomic E-state index is 0.237. The molecule has 1 aromatic heterocycles. The fourth-order valence-corrected chi connectivity index (χ4v) is 1.16. The van der Waals surface area contributed by atoms with Crippen LogP contribution >= 0.6 is 0 Å². The predicted molar refractivity (Wildman–Crippen MR) is 56.2 cm³/mol. The Hall–Kier alpha value is -1.16. The van der Waals surface area contributed by atoms with E-state index in [9.17, 15) is 0 Å². The van der Waals surface area contributed by atoms with Gasteiger partial charge in [-0.1, -0.05) is 0 Å². The zero-order valence-corrected chi connectivity index (χ0v) is 8.70. The molecule has 0 aliphatic rings. The summed E-state index contributed by atoms with van der Waals surface area (Å²) in [5.41, 5.74) is 1.05. The van der Waals surface area contributed by atoms with Crippen LogP contribution in [0.1, 0.15) is 25.3 Å². The monoisotopic (exact) mass is 195 g/mol. The van der Waals surface area contributed by atoms with Crippen molar-refractivity contribution in [3.05, 3.63) is 18.0 Å². The molecule has 0 radical (unpaired) electrons. The third-order valence-electron chi connectivity index (χ3n) is 1.95. The number of aliphatic hydroxyl groups excluding tert-OH is 1. The largest absolute Gasteiger partial charge is 0.396 e. The highest BCUT2D eigenvalue weighted by Crippen LogP contribution is 2.04. The normalized spacial score (nSPS) is 12.5. The average Bonchev–Trinajstić information content (AvgIpc) is 2.18. The van der Waals surface area contributed by atoms with E-state index in [1.54, 1.807) is 12.4 Å². The summed E-state index contributed by atoms with van der Waals surface area (Å²) in [7, 11) is 0. The van der Waals surface area contributed by atoms with Crippen molar-refractivity contribution in [1.29, 1.82) is 0 Å². The zero-order valence-electron chi connectivity index (χ0n) is 8.70. The van der Waals surface area contributed by atoms with Gasteiger partial charge in [-0.15, -0.1) is 0 Å². The fraction of sp³-hybridized carbons (Fsp3) is 0.600. The van der Waals surface area contributed by atoms with Crippen molar-refractivity contribution in [3.8, 4) is 0 Å². The second-order valence-electron chi connectivity index (χ2n) is 3.50. The molecule has 0 amide bonds. The van der Waals surface area contributed by atoms with Crippen molar-refractivity contribution in [1.82, 2.24) is 9.97 Å². The number of hydrogen-bond donors (Lipinski definition) is 2. The van der Waals surface area contributed by atoms with Gasteiger partial charge in [0.05, 0.1) is 0 Å². The third-order valence-corrected chi connectivity index (χ3v) is 1.95. The highest BCUT2D eigenvalue weighted by molar-refractivity contribution is 5.25. The van der Waals surface area contributed by atoms with E-state index in [2.05, 4.69) is 22.2 Å². The van der Waals surface area contributed by atoms with Gasteiger partial charge in [-0.3, -0.25) is 0 Å². The van der Waals surface area contributed by atoms with Crippen molar-refractivity contribution in [2.24, 2.45) is 0 Å². The van der Waals surface area contributed by atoms with Gasteiger partial charge in [0.2, 0.25) is 5.95 Å². The lowest BCUT2D eigenvalue weighted by Crippen LogP contribution is -2.17. The number of aryl methyl sites for hydroxylation is 1. The van der Waals surface area contributed by atoms with E-state index in [4.69, 9.17) is 5.11 Å². The number of hydrogen-bond acceptors (Lipinski definition) is 4. The fourth-order valence-electron chi connectivity index (χ4n) is 1.16. The van der Waals surface area contributed by atoms with E-state index in [0.717, 1.165) is 18.4 Å². The molecule has 14 heavy (non-hydrogen) atoms. The van der Waals surface area contributed by atoms with Crippen LogP contribution in [0.2, 0.25) is 0 Å². The highest BCUT2D eigenvalue weighted by atomic mass is 16.2. The van der Waals surface area contributed by atoms with Crippen molar-refractivity contribution in [2.45, 2.75) is 32.7 Å². The van der Waals surface area contributed by atoms with Crippen molar-refractivity contribution in [2.75, 3.05) is 11.9 Å². The molecular weight excluding hydrogens is 178 g/mol. The second-order valence-corrected chi connectivity index (χ2v) is 3.50. The Balaban J connectivity index is 2.39. The molecule has 1 heterocycles. The Bertz CT molecular complexity index is 261. The molecule has 0 spiro atoms. The summed E-state index contributed by atoms with van der Waals surface area (Å²) in [4.78, 5) is 8.28. The van der Waals surface area contributed by atoms with Gasteiger partial charge in [0.15, 0.2) is 0 Å². The Morgan fingerprint density at radius 1 is 1.43 bits per heavy atom. The van der Waals surface area contributed by atoms with Crippen LogP contribution in [0, 0.1) is 6.92 Å². The standard InChI is InChI=1S/C10H17N3O/c1-8-6-11-10(12-7-8)13-9(2)4-3-5-14/h6-7,9,14H,3-5H2,1-2H3,(H,11,12,13). The SMILES string of the molecule is Cc1cnc(NC(C)CCCO)nc1. The minimum atomic E-state index is 0.237. The first-order valence-electron chi connectivity index (χ1n) is 4.88. The molecule has 4 nitrogen and oxygen atoms in total. The number of nitrogens with one attached hydrogen (secondary N) is 1. The van der Waals surface area contributed by atoms with Gasteiger partial charge < -0.3 is 10.4 Å². The molecule has 0 aliphatic heterocycles. The first kappa shape index (κ1) is 10.9. The van der Waals surface area contributed by atoms with Gasteiger partial charge in [-0.2, -0.15) is 0 Å². The van der Waals surface area contributed by atoms with Crippen LogP contribution in [-0.4, -0.2) is 27.7 Å². The zero-order chi connectivity index (χ0) is 10.4. The Labute approximate surface area is 84.4 Å². The summed E-state index contributed by atoms with van der Waals surface area (Å²) >= 11 is 0. The van der Waals surface area contributed by atoms with Crippen molar-refractivity contribution >= 4 is 5.95 Å². The van der Waals surface area contributed by atoms with Gasteiger partial charge in [0.1, 0.15) is 0 Å². The van der Waals surface area contributed by atoms with Gasteiger partial charge in [0, 0.05) is 25.0 Å². The highest BCUT2D eigenvalue weighted by Gasteiger charge is 2.02. The summed E-state index contributed by atoms with van der Waals surface area (Å²) in [5.74, 6) is 0.654. The van der Waals surface area contributed by atoms with Crippen molar-refractivity contribution in [3.63, 3.8) is 0 Å². The van der Waals surface area contributed by atoms with E-state index < -0.39 is 0 Å². The summed E-state index contributed by atoms with van der Waals surface area (Å²) < 4.78 is 0. The molecular formula is C10H17N3O. The lowest BCUT2D eigenvalue weighted by atomic mass is 10.2. The minimum Gasteiger partial charge on any atom is -0.396 e. The molecule has 0 fully saturated rings. The Morgan fingerprint density at radius 2 is 2.07 bits per heavy atom. The molecule has 0 bridgehead atoms. The summed E-state index contributed by atoms with van der Waals surface area (Å²) in [5, 5.41) is 11.8.